The van der Waals surface area contributed by atoms with Gasteiger partial charge in [0.05, 0.1) is 19.2 Å². The highest BCUT2D eigenvalue weighted by Crippen LogP contribution is 2.24. The summed E-state index contributed by atoms with van der Waals surface area (Å²) in [6, 6.07) is 3.75. The van der Waals surface area contributed by atoms with Gasteiger partial charge in [-0.15, -0.1) is 6.42 Å². The van der Waals surface area contributed by atoms with E-state index in [-0.39, 0.29) is 22.8 Å². The first-order valence-electron chi connectivity index (χ1n) is 6.34. The van der Waals surface area contributed by atoms with Gasteiger partial charge in [0.25, 0.3) is 5.91 Å². The molecule has 0 aromatic heterocycles. The van der Waals surface area contributed by atoms with Crippen LogP contribution in [0.4, 0.5) is 0 Å². The van der Waals surface area contributed by atoms with Gasteiger partial charge in [0, 0.05) is 0 Å². The summed E-state index contributed by atoms with van der Waals surface area (Å²) >= 11 is 0. The molecule has 1 aromatic carbocycles. The summed E-state index contributed by atoms with van der Waals surface area (Å²) in [5.41, 5.74) is -0.0376. The Balaban J connectivity index is 2.93. The molecule has 124 valence electrons. The fourth-order valence-corrected chi connectivity index (χ4v) is 2.46. The maximum atomic E-state index is 11.9. The Kier molecular flexibility index (Phi) is 6.56. The molecule has 0 saturated heterocycles. The largest absolute Gasteiger partial charge is 0.495 e. The second kappa shape index (κ2) is 8.17. The minimum Gasteiger partial charge on any atom is -0.495 e. The molecule has 23 heavy (non-hydrogen) atoms. The lowest BCUT2D eigenvalue weighted by Gasteiger charge is -2.10. The van der Waals surface area contributed by atoms with Crippen LogP contribution in [0.15, 0.2) is 23.1 Å². The lowest BCUT2D eigenvalue weighted by molar-refractivity contribution is -0.123. The third kappa shape index (κ3) is 4.98. The molecular weight excluding hydrogens is 324 g/mol. The first-order valence-corrected chi connectivity index (χ1v) is 7.83. The van der Waals surface area contributed by atoms with Crippen LogP contribution in [0.5, 0.6) is 5.75 Å². The third-order valence-corrected chi connectivity index (χ3v) is 4.12. The average Bonchev–Trinajstić information content (AvgIpc) is 2.57. The predicted molar refractivity (Wildman–Crippen MR) is 81.4 cm³/mol. The molecule has 0 aliphatic carbocycles. The number of terminal acetylenes is 1. The number of amides is 1. The maximum Gasteiger partial charge on any atom is 0.338 e. The molecule has 0 atom stereocenters. The summed E-state index contributed by atoms with van der Waals surface area (Å²) in [6.45, 7) is -0.510. The Labute approximate surface area is 134 Å². The number of hydrogen-bond donors (Lipinski definition) is 2. The van der Waals surface area contributed by atoms with E-state index >= 15 is 0 Å². The van der Waals surface area contributed by atoms with Gasteiger partial charge in [-0.1, -0.05) is 5.92 Å². The number of carbonyl (C=O) groups is 2. The first-order chi connectivity index (χ1) is 10.9. The summed E-state index contributed by atoms with van der Waals surface area (Å²) < 4.78 is 35.7. The minimum absolute atomic E-state index is 0.0173. The first kappa shape index (κ1) is 18.5. The highest BCUT2D eigenvalue weighted by molar-refractivity contribution is 7.89. The highest BCUT2D eigenvalue weighted by atomic mass is 32.2. The Bertz CT molecular complexity index is 736. The molecule has 9 heteroatoms. The number of esters is 1. The van der Waals surface area contributed by atoms with Gasteiger partial charge in [0.15, 0.2) is 6.61 Å². The molecule has 8 nitrogen and oxygen atoms in total. The van der Waals surface area contributed by atoms with Crippen molar-refractivity contribution in [2.24, 2.45) is 0 Å². The van der Waals surface area contributed by atoms with E-state index < -0.39 is 28.5 Å². The van der Waals surface area contributed by atoms with Crippen LogP contribution >= 0.6 is 0 Å². The van der Waals surface area contributed by atoms with E-state index in [1.807, 2.05) is 0 Å². The zero-order valence-corrected chi connectivity index (χ0v) is 13.4. The topological polar surface area (TPSA) is 111 Å². The average molecular weight is 340 g/mol. The van der Waals surface area contributed by atoms with Gasteiger partial charge >= 0.3 is 5.97 Å². The molecule has 0 fully saturated rings. The number of ether oxygens (including phenoxy) is 2. The number of rotatable bonds is 7. The Hall–Kier alpha value is -2.57. The summed E-state index contributed by atoms with van der Waals surface area (Å²) in [6.07, 6.45) is 4.97. The van der Waals surface area contributed by atoms with Crippen molar-refractivity contribution in [3.63, 3.8) is 0 Å². The van der Waals surface area contributed by atoms with Gasteiger partial charge in [-0.3, -0.25) is 4.79 Å². The van der Waals surface area contributed by atoms with Crippen LogP contribution < -0.4 is 14.8 Å². The van der Waals surface area contributed by atoms with Crippen molar-refractivity contribution in [1.29, 1.82) is 0 Å². The van der Waals surface area contributed by atoms with E-state index in [1.165, 1.54) is 26.3 Å². The van der Waals surface area contributed by atoms with E-state index in [0.717, 1.165) is 6.07 Å². The molecule has 0 bridgehead atoms. The number of benzene rings is 1. The lowest BCUT2D eigenvalue weighted by Crippen LogP contribution is -2.29. The molecule has 0 aliphatic rings. The molecule has 0 saturated carbocycles. The van der Waals surface area contributed by atoms with Crippen molar-refractivity contribution < 1.29 is 27.5 Å². The van der Waals surface area contributed by atoms with Crippen LogP contribution in [0.3, 0.4) is 0 Å². The number of methoxy groups -OCH3 is 1. The fourth-order valence-electron chi connectivity index (χ4n) is 1.54. The summed E-state index contributed by atoms with van der Waals surface area (Å²) in [5, 5.41) is 2.32. The number of sulfonamides is 1. The lowest BCUT2D eigenvalue weighted by atomic mass is 10.2. The highest BCUT2D eigenvalue weighted by Gasteiger charge is 2.21. The number of nitrogens with one attached hydrogen (secondary N) is 2. The van der Waals surface area contributed by atoms with E-state index in [0.29, 0.717) is 0 Å². The van der Waals surface area contributed by atoms with Crippen molar-refractivity contribution in [2.45, 2.75) is 4.90 Å². The quantitative estimate of drug-likeness (QED) is 0.512. The second-order valence-electron chi connectivity index (χ2n) is 4.13. The zero-order valence-electron chi connectivity index (χ0n) is 12.6. The fraction of sp³-hybridized carbons (Fsp3) is 0.286. The molecule has 0 heterocycles. The summed E-state index contributed by atoms with van der Waals surface area (Å²) in [7, 11) is -1.29. The monoisotopic (exact) mass is 340 g/mol. The molecule has 1 amide bonds. The summed E-state index contributed by atoms with van der Waals surface area (Å²) in [4.78, 5) is 23.0. The van der Waals surface area contributed by atoms with Gasteiger partial charge in [-0.05, 0) is 25.2 Å². The van der Waals surface area contributed by atoms with E-state index in [1.54, 1.807) is 0 Å². The Morgan fingerprint density at radius 1 is 1.35 bits per heavy atom. The SMILES string of the molecule is C#CCNC(=O)COC(=O)c1ccc(OC)c(S(=O)(=O)NC)c1. The third-order valence-electron chi connectivity index (χ3n) is 2.68. The van der Waals surface area contributed by atoms with Gasteiger partial charge in [-0.2, -0.15) is 0 Å². The molecule has 1 aromatic rings. The van der Waals surface area contributed by atoms with Crippen LogP contribution in [0.25, 0.3) is 0 Å². The van der Waals surface area contributed by atoms with Crippen LogP contribution in [0.2, 0.25) is 0 Å². The molecule has 1 rings (SSSR count). The normalized spacial score (nSPS) is 10.5. The zero-order chi connectivity index (χ0) is 17.5. The van der Waals surface area contributed by atoms with E-state index in [4.69, 9.17) is 15.9 Å². The molecule has 0 unspecified atom stereocenters. The smallest absolute Gasteiger partial charge is 0.338 e. The molecule has 0 radical (unpaired) electrons. The predicted octanol–water partition coefficient (Wildman–Crippen LogP) is -0.490. The molecule has 0 aliphatic heterocycles. The van der Waals surface area contributed by atoms with Crippen molar-refractivity contribution in [3.8, 4) is 18.1 Å². The van der Waals surface area contributed by atoms with Crippen LogP contribution in [-0.2, 0) is 19.6 Å². The minimum atomic E-state index is -3.82. The van der Waals surface area contributed by atoms with Crippen molar-refractivity contribution >= 4 is 21.9 Å². The van der Waals surface area contributed by atoms with Crippen molar-refractivity contribution in [1.82, 2.24) is 10.0 Å². The standard InChI is InChI=1S/C14H16N2O6S/c1-4-7-16-13(17)9-22-14(18)10-5-6-11(21-3)12(8-10)23(19,20)15-2/h1,5-6,8,15H,7,9H2,2-3H3,(H,16,17). The molecular formula is C14H16N2O6S. The number of hydrogen-bond acceptors (Lipinski definition) is 6. The van der Waals surface area contributed by atoms with Crippen LogP contribution in [-0.4, -0.2) is 47.6 Å². The van der Waals surface area contributed by atoms with Gasteiger partial charge in [0.2, 0.25) is 10.0 Å². The van der Waals surface area contributed by atoms with Crippen molar-refractivity contribution in [3.05, 3.63) is 23.8 Å². The van der Waals surface area contributed by atoms with E-state index in [2.05, 4.69) is 16.0 Å². The van der Waals surface area contributed by atoms with Gasteiger partial charge in [0.1, 0.15) is 10.6 Å². The summed E-state index contributed by atoms with van der Waals surface area (Å²) in [5.74, 6) is 0.860. The molecule has 2 N–H and O–H groups in total. The second-order valence-corrected chi connectivity index (χ2v) is 5.99. The Morgan fingerprint density at radius 2 is 2.04 bits per heavy atom. The van der Waals surface area contributed by atoms with E-state index in [9.17, 15) is 18.0 Å². The number of carbonyl (C=O) groups excluding carboxylic acids is 2. The van der Waals surface area contributed by atoms with Crippen LogP contribution in [0, 0.1) is 12.3 Å². The van der Waals surface area contributed by atoms with Crippen LogP contribution in [0.1, 0.15) is 10.4 Å². The van der Waals surface area contributed by atoms with Gasteiger partial charge in [-0.25, -0.2) is 17.9 Å². The molecule has 0 spiro atoms. The maximum absolute atomic E-state index is 11.9. The van der Waals surface area contributed by atoms with Crippen molar-refractivity contribution in [2.75, 3.05) is 27.3 Å². The Morgan fingerprint density at radius 3 is 2.61 bits per heavy atom. The van der Waals surface area contributed by atoms with Gasteiger partial charge < -0.3 is 14.8 Å².